The van der Waals surface area contributed by atoms with Crippen molar-refractivity contribution in [2.24, 2.45) is 5.92 Å². The lowest BCUT2D eigenvalue weighted by atomic mass is 9.80. The summed E-state index contributed by atoms with van der Waals surface area (Å²) in [6.45, 7) is 30.9. The number of ether oxygens (including phenoxy) is 4. The molecule has 2 aliphatic heterocycles. The van der Waals surface area contributed by atoms with Crippen LogP contribution in [0, 0.1) is 5.92 Å². The molecule has 11 aromatic rings. The first-order chi connectivity index (χ1) is 55.4. The Kier molecular flexibility index (Phi) is 23.4. The van der Waals surface area contributed by atoms with Crippen molar-refractivity contribution in [2.75, 3.05) is 53.3 Å². The summed E-state index contributed by atoms with van der Waals surface area (Å²) in [7, 11) is 2.66. The normalized spacial score (nSPS) is 14.2. The Morgan fingerprint density at radius 2 is 0.641 bits per heavy atom. The maximum absolute atomic E-state index is 16.7. The molecule has 2 N–H and O–H groups in total. The summed E-state index contributed by atoms with van der Waals surface area (Å²) < 4.78 is 64.2. The Labute approximate surface area is 685 Å². The number of rotatable bonds is 28. The van der Waals surface area contributed by atoms with Crippen LogP contribution in [0.1, 0.15) is 198 Å². The summed E-state index contributed by atoms with van der Waals surface area (Å²) in [5.41, 5.74) is 4.17. The van der Waals surface area contributed by atoms with E-state index < -0.39 is 65.1 Å². The number of benzene rings is 9. The number of imide groups is 2. The highest BCUT2D eigenvalue weighted by Crippen LogP contribution is 2.59. The lowest BCUT2D eigenvalue weighted by Crippen LogP contribution is -2.52. The number of amides is 6. The zero-order valence-corrected chi connectivity index (χ0v) is 72.6. The van der Waals surface area contributed by atoms with Gasteiger partial charge in [-0.2, -0.15) is 0 Å². The highest BCUT2D eigenvalue weighted by molar-refractivity contribution is 6.60. The minimum atomic E-state index is -3.21. The Morgan fingerprint density at radius 3 is 0.889 bits per heavy atom. The summed E-state index contributed by atoms with van der Waals surface area (Å²) in [4.78, 5) is 109. The Hall–Kier alpha value is -10.8. The second kappa shape index (κ2) is 32.6. The highest BCUT2D eigenvalue weighted by atomic mass is 28.4. The van der Waals surface area contributed by atoms with Crippen LogP contribution in [0.3, 0.4) is 0 Å². The van der Waals surface area contributed by atoms with Gasteiger partial charge in [-0.1, -0.05) is 159 Å². The number of fused-ring (bicyclic) bond motifs is 2. The van der Waals surface area contributed by atoms with Crippen LogP contribution in [-0.2, 0) is 69.9 Å². The van der Waals surface area contributed by atoms with Gasteiger partial charge in [-0.05, 0) is 171 Å². The van der Waals surface area contributed by atoms with Crippen LogP contribution in [0.15, 0.2) is 158 Å². The average Bonchev–Trinajstić information content (AvgIpc) is 0.669. The molecule has 22 nitrogen and oxygen atoms in total. The van der Waals surface area contributed by atoms with E-state index >= 15 is 28.8 Å². The molecule has 117 heavy (non-hydrogen) atoms. The van der Waals surface area contributed by atoms with Crippen LogP contribution in [0.2, 0.25) is 0 Å². The molecule has 24 heteroatoms. The monoisotopic (exact) mass is 1620 g/mol. The van der Waals surface area contributed by atoms with E-state index in [9.17, 15) is 0 Å². The van der Waals surface area contributed by atoms with E-state index in [1.807, 2.05) is 118 Å². The van der Waals surface area contributed by atoms with Gasteiger partial charge in [0, 0.05) is 110 Å². The van der Waals surface area contributed by atoms with E-state index in [0.717, 1.165) is 32.1 Å². The van der Waals surface area contributed by atoms with E-state index in [0.29, 0.717) is 40.5 Å². The molecule has 0 radical (unpaired) electrons. The lowest BCUT2D eigenvalue weighted by Gasteiger charge is -2.36. The number of pyridine rings is 2. The average molecular weight is 1620 g/mol. The van der Waals surface area contributed by atoms with E-state index in [1.165, 1.54) is 55.1 Å². The van der Waals surface area contributed by atoms with Crippen molar-refractivity contribution in [2.45, 2.75) is 169 Å². The number of nitrogens with zero attached hydrogens (tertiary/aromatic N) is 4. The fourth-order valence-corrected chi connectivity index (χ4v) is 18.9. The highest BCUT2D eigenvalue weighted by Gasteiger charge is 2.48. The predicted octanol–water partition coefficient (Wildman–Crippen LogP) is 19.9. The largest absolute Gasteiger partial charge is 0.504 e. The maximum atomic E-state index is 16.7. The Morgan fingerprint density at radius 1 is 0.376 bits per heavy atom. The first-order valence-corrected chi connectivity index (χ1v) is 43.3. The van der Waals surface area contributed by atoms with Crippen LogP contribution in [-0.4, -0.2) is 128 Å². The van der Waals surface area contributed by atoms with Crippen LogP contribution in [0.5, 0.6) is 46.0 Å². The van der Waals surface area contributed by atoms with Gasteiger partial charge >= 0.3 is 17.6 Å². The van der Waals surface area contributed by atoms with Gasteiger partial charge in [-0.15, -0.1) is 0 Å². The van der Waals surface area contributed by atoms with Crippen molar-refractivity contribution in [1.82, 2.24) is 19.8 Å². The molecule has 610 valence electrons. The van der Waals surface area contributed by atoms with Gasteiger partial charge in [0.05, 0.1) is 22.3 Å². The molecule has 0 aliphatic carbocycles. The SMILES string of the molecule is CCCC(C(=O)Nc1cc(C[Si](OC)(OC)OC)ccn1)N1C(=O)c2cc(Oc3ccc(C(C)(C)C)cc3)c3c4c(Oc5ccc(C(C)(C)C)cc5)cc5c6c(cc(Oc7ccc(C(C)(C)C)cc7)c(c7c(Oc8ccc(C(C)(C)C)cc8)cc(c2c37)C1=O)c64)C(=O)N(C(CC(C)C)C(=O)Nc1cc(C[Si](OC)(OC)OC)ccn1)C5=O. The third kappa shape index (κ3) is 16.5. The van der Waals surface area contributed by atoms with Crippen LogP contribution in [0.25, 0.3) is 43.1 Å². The molecular weight excluding hydrogens is 1510 g/mol. The summed E-state index contributed by atoms with van der Waals surface area (Å²) in [5.74, 6) is -2.97. The van der Waals surface area contributed by atoms with Gasteiger partial charge in [0.25, 0.3) is 23.6 Å². The number of nitrogens with one attached hydrogen (secondary N) is 2. The molecule has 0 saturated heterocycles. The van der Waals surface area contributed by atoms with Gasteiger partial charge in [0.15, 0.2) is 0 Å². The van der Waals surface area contributed by atoms with Crippen molar-refractivity contribution in [3.8, 4) is 46.0 Å². The van der Waals surface area contributed by atoms with E-state index in [4.69, 9.17) is 45.5 Å². The molecule has 4 heterocycles. The summed E-state index contributed by atoms with van der Waals surface area (Å²) in [5, 5.41) is 7.90. The van der Waals surface area contributed by atoms with Crippen LogP contribution >= 0.6 is 0 Å². The lowest BCUT2D eigenvalue weighted by molar-refractivity contribution is -0.121. The Balaban J connectivity index is 1.15. The number of anilines is 2. The number of carbonyl (C=O) groups excluding carboxylic acids is 6. The van der Waals surface area contributed by atoms with Crippen molar-refractivity contribution < 1.29 is 74.3 Å². The molecule has 2 aliphatic rings. The van der Waals surface area contributed by atoms with Gasteiger partial charge in [0.1, 0.15) is 69.7 Å². The molecule has 9 aromatic carbocycles. The molecule has 0 saturated carbocycles. The molecule has 0 spiro atoms. The molecule has 0 bridgehead atoms. The second-order valence-corrected chi connectivity index (χ2v) is 40.5. The fourth-order valence-electron chi connectivity index (χ4n) is 15.6. The predicted molar refractivity (Wildman–Crippen MR) is 458 cm³/mol. The molecule has 2 atom stereocenters. The Bertz CT molecular complexity index is 5400. The third-order valence-electron chi connectivity index (χ3n) is 22.1. The summed E-state index contributed by atoms with van der Waals surface area (Å²) in [6.07, 6.45) is 3.45. The number of hydrogen-bond donors (Lipinski definition) is 2. The van der Waals surface area contributed by atoms with Crippen LogP contribution < -0.4 is 29.6 Å². The smallest absolute Gasteiger partial charge is 0.457 e. The molecule has 2 unspecified atom stereocenters. The molecule has 0 fully saturated rings. The quantitative estimate of drug-likeness (QED) is 0.0200. The van der Waals surface area contributed by atoms with E-state index in [1.54, 1.807) is 48.5 Å². The standard InChI is InChI=1S/C93H104N6O16Si2/c1-22-23-68(84(100)96-74-45-54(40-42-94-74)51-116(106-16,107-17)108-18)98-86(102)64-47-70(112-60-32-24-56(25-33-60)90(4,5)6)78-80-72(114-62-36-28-58(29-37-62)92(10,11)12)49-66-77-67(89(105)99(88(66)104)69(44-53(2)3)85(101)97-75-46-55(41-43-95-75)52-117(109-19,110-20)111-21)50-73(115-63-38-30-59(31-39-63)93(13,14)15)81(83(77)80)79-71(48-65(87(98)103)76(64)82(78)79)113-61-34-26-57(27-35-61)91(7,8)9/h24-43,45-50,53,68-69H,22-23,44,51-52H2,1-21H3,(H,94,96,100)(H,95,97,101). The van der Waals surface area contributed by atoms with Crippen LogP contribution in [0.4, 0.5) is 11.6 Å². The number of hydrogen-bond acceptors (Lipinski definition) is 18. The minimum absolute atomic E-state index is 0.0113. The summed E-state index contributed by atoms with van der Waals surface area (Å²) >= 11 is 0. The molecule has 2 aromatic heterocycles. The topological polar surface area (TPSA) is 251 Å². The van der Waals surface area contributed by atoms with Crippen molar-refractivity contribution in [3.05, 3.63) is 214 Å². The first-order valence-electron chi connectivity index (χ1n) is 39.5. The fraction of sp³-hybridized carbons (Fsp3) is 0.355. The van der Waals surface area contributed by atoms with E-state index in [-0.39, 0.29) is 152 Å². The molecule has 13 rings (SSSR count). The maximum Gasteiger partial charge on any atom is 0.504 e. The zero-order valence-electron chi connectivity index (χ0n) is 70.6. The number of aromatic nitrogens is 2. The number of carbonyl (C=O) groups is 6. The second-order valence-electron chi connectivity index (χ2n) is 34.6. The van der Waals surface area contributed by atoms with Crippen molar-refractivity contribution in [3.63, 3.8) is 0 Å². The van der Waals surface area contributed by atoms with Gasteiger partial charge < -0.3 is 56.1 Å². The molecule has 6 amide bonds. The first kappa shape index (κ1) is 84.1. The summed E-state index contributed by atoms with van der Waals surface area (Å²) in [6, 6.07) is 41.3. The van der Waals surface area contributed by atoms with Gasteiger partial charge in [-0.25, -0.2) is 9.97 Å². The molecular formula is C93H104N6O16Si2. The zero-order chi connectivity index (χ0) is 84.3. The van der Waals surface area contributed by atoms with Crippen molar-refractivity contribution in [1.29, 1.82) is 0 Å². The third-order valence-corrected chi connectivity index (χ3v) is 27.5. The van der Waals surface area contributed by atoms with Gasteiger partial charge in [0.2, 0.25) is 11.8 Å². The van der Waals surface area contributed by atoms with Gasteiger partial charge in [-0.3, -0.25) is 38.6 Å². The van der Waals surface area contributed by atoms with Crippen molar-refractivity contribution >= 4 is 108 Å². The minimum Gasteiger partial charge on any atom is -0.457 e. The van der Waals surface area contributed by atoms with E-state index in [2.05, 4.69) is 104 Å².